The van der Waals surface area contributed by atoms with Crippen molar-refractivity contribution in [1.82, 2.24) is 14.7 Å². The monoisotopic (exact) mass is 566 g/mol. The molecule has 2 amide bonds. The van der Waals surface area contributed by atoms with Gasteiger partial charge in [0.15, 0.2) is 5.17 Å². The van der Waals surface area contributed by atoms with E-state index in [4.69, 9.17) is 9.73 Å². The van der Waals surface area contributed by atoms with Crippen LogP contribution in [0.1, 0.15) is 83.9 Å². The van der Waals surface area contributed by atoms with Crippen molar-refractivity contribution in [2.75, 3.05) is 32.8 Å². The van der Waals surface area contributed by atoms with Gasteiger partial charge in [0.25, 0.3) is 5.91 Å². The SMILES string of the molecule is CCOC(=O)C1CCCN(C(=O)CC2=CSC3=NC(C)=C(C(=O)N(CC)CC)C(c4ccc(C(C)C)cc4)N23)C1. The van der Waals surface area contributed by atoms with E-state index in [0.717, 1.165) is 29.3 Å². The van der Waals surface area contributed by atoms with E-state index in [9.17, 15) is 14.4 Å². The van der Waals surface area contributed by atoms with E-state index in [1.165, 1.54) is 17.3 Å². The number of aliphatic imine (C=N–C) groups is 1. The highest BCUT2D eigenvalue weighted by atomic mass is 32.2. The van der Waals surface area contributed by atoms with Crippen molar-refractivity contribution < 1.29 is 19.1 Å². The highest BCUT2D eigenvalue weighted by Crippen LogP contribution is 2.45. The highest BCUT2D eigenvalue weighted by Gasteiger charge is 2.42. The van der Waals surface area contributed by atoms with Crippen LogP contribution in [0.3, 0.4) is 0 Å². The van der Waals surface area contributed by atoms with Gasteiger partial charge in [-0.1, -0.05) is 49.9 Å². The summed E-state index contributed by atoms with van der Waals surface area (Å²) in [4.78, 5) is 50.3. The summed E-state index contributed by atoms with van der Waals surface area (Å²) in [6, 6.07) is 8.07. The fourth-order valence-corrected chi connectivity index (χ4v) is 6.59. The maximum Gasteiger partial charge on any atom is 0.310 e. The number of nitrogens with zero attached hydrogens (tertiary/aromatic N) is 4. The number of fused-ring (bicyclic) bond motifs is 1. The van der Waals surface area contributed by atoms with Gasteiger partial charge >= 0.3 is 5.97 Å². The van der Waals surface area contributed by atoms with Crippen molar-refractivity contribution in [3.05, 3.63) is 57.8 Å². The summed E-state index contributed by atoms with van der Waals surface area (Å²) in [6.45, 7) is 14.6. The number of rotatable bonds is 9. The van der Waals surface area contributed by atoms with E-state index in [-0.39, 0.29) is 36.2 Å². The van der Waals surface area contributed by atoms with Crippen LogP contribution in [0, 0.1) is 5.92 Å². The van der Waals surface area contributed by atoms with E-state index in [0.29, 0.717) is 50.0 Å². The Kier molecular flexibility index (Phi) is 9.77. The molecule has 0 aliphatic carbocycles. The number of carbonyl (C=O) groups is 3. The van der Waals surface area contributed by atoms with Gasteiger partial charge in [0.05, 0.1) is 36.3 Å². The van der Waals surface area contributed by atoms with Gasteiger partial charge < -0.3 is 19.4 Å². The Morgan fingerprint density at radius 3 is 2.45 bits per heavy atom. The van der Waals surface area contributed by atoms with Crippen molar-refractivity contribution in [2.24, 2.45) is 10.9 Å². The molecular formula is C31H42N4O4S. The molecule has 1 saturated heterocycles. The summed E-state index contributed by atoms with van der Waals surface area (Å²) in [5, 5.41) is 2.76. The van der Waals surface area contributed by atoms with E-state index in [1.807, 2.05) is 31.1 Å². The number of likely N-dealkylation sites (tertiary alicyclic amines) is 1. The molecule has 9 heteroatoms. The van der Waals surface area contributed by atoms with Crippen LogP contribution in [0.4, 0.5) is 0 Å². The maximum absolute atomic E-state index is 13.9. The van der Waals surface area contributed by atoms with Crippen molar-refractivity contribution in [2.45, 2.75) is 72.8 Å². The minimum Gasteiger partial charge on any atom is -0.466 e. The molecule has 2 unspecified atom stereocenters. The number of allylic oxidation sites excluding steroid dienone is 1. The van der Waals surface area contributed by atoms with Gasteiger partial charge in [0, 0.05) is 31.9 Å². The summed E-state index contributed by atoms with van der Waals surface area (Å²) >= 11 is 1.49. The first-order valence-corrected chi connectivity index (χ1v) is 15.4. The summed E-state index contributed by atoms with van der Waals surface area (Å²) in [5.74, 6) is -0.179. The second-order valence-corrected chi connectivity index (χ2v) is 11.6. The molecule has 2 atom stereocenters. The van der Waals surface area contributed by atoms with Crippen LogP contribution in [0.25, 0.3) is 0 Å². The molecule has 3 heterocycles. The number of thioether (sulfide) groups is 1. The number of carbonyl (C=O) groups excluding carboxylic acids is 3. The topological polar surface area (TPSA) is 82.5 Å². The standard InChI is InChI=1S/C31H42N4O4S/c1-7-33(8-2)29(37)27-21(6)32-31-35(28(27)23-14-12-22(13-15-23)20(4)5)25(19-40-31)17-26(36)34-16-10-11-24(18-34)30(38)39-9-3/h12-15,19-20,24,28H,7-11,16-18H2,1-6H3. The first kappa shape index (κ1) is 29.9. The molecular weight excluding hydrogens is 524 g/mol. The van der Waals surface area contributed by atoms with Crippen LogP contribution in [0.15, 0.2) is 51.6 Å². The largest absolute Gasteiger partial charge is 0.466 e. The number of hydrogen-bond donors (Lipinski definition) is 0. The zero-order chi connectivity index (χ0) is 29.0. The van der Waals surface area contributed by atoms with Crippen LogP contribution < -0.4 is 0 Å². The molecule has 0 aromatic heterocycles. The predicted octanol–water partition coefficient (Wildman–Crippen LogP) is 5.45. The number of amides is 2. The minimum atomic E-state index is -0.385. The molecule has 8 nitrogen and oxygen atoms in total. The van der Waals surface area contributed by atoms with Crippen LogP contribution in [0.2, 0.25) is 0 Å². The fourth-order valence-electron chi connectivity index (χ4n) is 5.63. The van der Waals surface area contributed by atoms with Crippen LogP contribution in [-0.2, 0) is 19.1 Å². The summed E-state index contributed by atoms with van der Waals surface area (Å²) in [7, 11) is 0. The normalized spacial score (nSPS) is 20.8. The van der Waals surface area contributed by atoms with Gasteiger partial charge in [-0.25, -0.2) is 4.99 Å². The molecule has 4 rings (SSSR count). The number of ether oxygens (including phenoxy) is 1. The molecule has 0 radical (unpaired) electrons. The molecule has 0 spiro atoms. The molecule has 1 fully saturated rings. The number of benzene rings is 1. The Labute approximate surface area is 242 Å². The van der Waals surface area contributed by atoms with Gasteiger partial charge in [-0.15, -0.1) is 0 Å². The van der Waals surface area contributed by atoms with Crippen LogP contribution >= 0.6 is 11.8 Å². The number of amidine groups is 1. The number of likely N-dealkylation sites (N-methyl/N-ethyl adjacent to an activating group) is 1. The molecule has 0 saturated carbocycles. The second kappa shape index (κ2) is 13.1. The third kappa shape index (κ3) is 6.14. The van der Waals surface area contributed by atoms with Gasteiger partial charge in [0.1, 0.15) is 0 Å². The van der Waals surface area contributed by atoms with E-state index >= 15 is 0 Å². The third-order valence-corrected chi connectivity index (χ3v) is 8.82. The van der Waals surface area contributed by atoms with Crippen molar-refractivity contribution >= 4 is 34.7 Å². The molecule has 1 aromatic carbocycles. The van der Waals surface area contributed by atoms with E-state index in [2.05, 4.69) is 43.0 Å². The number of esters is 1. The Morgan fingerprint density at radius 1 is 1.12 bits per heavy atom. The van der Waals surface area contributed by atoms with Crippen molar-refractivity contribution in [1.29, 1.82) is 0 Å². The average molecular weight is 567 g/mol. The Morgan fingerprint density at radius 2 is 1.82 bits per heavy atom. The first-order valence-electron chi connectivity index (χ1n) is 14.5. The van der Waals surface area contributed by atoms with Crippen molar-refractivity contribution in [3.63, 3.8) is 0 Å². The van der Waals surface area contributed by atoms with Crippen molar-refractivity contribution in [3.8, 4) is 0 Å². The highest BCUT2D eigenvalue weighted by molar-refractivity contribution is 8.16. The molecule has 1 aromatic rings. The molecule has 40 heavy (non-hydrogen) atoms. The van der Waals surface area contributed by atoms with Gasteiger partial charge in [-0.2, -0.15) is 0 Å². The van der Waals surface area contributed by atoms with Gasteiger partial charge in [0.2, 0.25) is 5.91 Å². The average Bonchev–Trinajstić information content (AvgIpc) is 3.34. The lowest BCUT2D eigenvalue weighted by Gasteiger charge is -2.38. The lowest BCUT2D eigenvalue weighted by molar-refractivity contribution is -0.151. The van der Waals surface area contributed by atoms with Crippen LogP contribution in [0.5, 0.6) is 0 Å². The Hall–Kier alpha value is -3.07. The predicted molar refractivity (Wildman–Crippen MR) is 159 cm³/mol. The quantitative estimate of drug-likeness (QED) is 0.370. The smallest absolute Gasteiger partial charge is 0.310 e. The molecule has 3 aliphatic rings. The minimum absolute atomic E-state index is 0.0286. The fraction of sp³-hybridized carbons (Fsp3) is 0.548. The Bertz CT molecular complexity index is 1220. The van der Waals surface area contributed by atoms with Gasteiger partial charge in [-0.3, -0.25) is 14.4 Å². The lowest BCUT2D eigenvalue weighted by Crippen LogP contribution is -2.44. The summed E-state index contributed by atoms with van der Waals surface area (Å²) in [6.07, 6.45) is 1.68. The lowest BCUT2D eigenvalue weighted by atomic mass is 9.91. The van der Waals surface area contributed by atoms with E-state index < -0.39 is 0 Å². The molecule has 0 bridgehead atoms. The molecule has 0 N–H and O–H groups in total. The zero-order valence-corrected chi connectivity index (χ0v) is 25.4. The third-order valence-electron chi connectivity index (χ3n) is 7.93. The van der Waals surface area contributed by atoms with Gasteiger partial charge in [-0.05, 0) is 63.0 Å². The summed E-state index contributed by atoms with van der Waals surface area (Å²) < 4.78 is 5.23. The van der Waals surface area contributed by atoms with E-state index in [1.54, 1.807) is 11.8 Å². The zero-order valence-electron chi connectivity index (χ0n) is 24.6. The van der Waals surface area contributed by atoms with Crippen LogP contribution in [-0.4, -0.2) is 70.4 Å². The number of piperidine rings is 1. The number of hydrogen-bond acceptors (Lipinski definition) is 7. The summed E-state index contributed by atoms with van der Waals surface area (Å²) in [5.41, 5.74) is 4.40. The Balaban J connectivity index is 1.65. The molecule has 216 valence electrons. The first-order chi connectivity index (χ1) is 19.2. The molecule has 3 aliphatic heterocycles. The second-order valence-electron chi connectivity index (χ2n) is 10.8. The maximum atomic E-state index is 13.9.